The quantitative estimate of drug-likeness (QED) is 0.263. The standard InChI is InChI=1S/C33H32N6O2/c40-32(26-11-13-29-28(19-26)31(38-37-29)25-15-17-34-18-16-25)36-27-12-14-30(33(41)35-20-23-7-3-1-4-8-23)39(22-27)21-24-9-5-2-6-10-24/h1-11,13,15-19,27,30H,12,14,20-22H2,(H,35,41)(H,36,40)(H,37,38). The van der Waals surface area contributed by atoms with Gasteiger partial charge in [-0.1, -0.05) is 60.7 Å². The fourth-order valence-electron chi connectivity index (χ4n) is 5.51. The molecule has 3 aromatic carbocycles. The van der Waals surface area contributed by atoms with E-state index in [1.165, 1.54) is 0 Å². The summed E-state index contributed by atoms with van der Waals surface area (Å²) in [6.07, 6.45) is 4.83. The number of hydrogen-bond donors (Lipinski definition) is 3. The number of rotatable bonds is 8. The first kappa shape index (κ1) is 26.4. The lowest BCUT2D eigenvalue weighted by atomic mass is 9.96. The van der Waals surface area contributed by atoms with Gasteiger partial charge < -0.3 is 10.6 Å². The van der Waals surface area contributed by atoms with Gasteiger partial charge in [-0.05, 0) is 54.3 Å². The second-order valence-electron chi connectivity index (χ2n) is 10.5. The molecule has 2 amide bonds. The summed E-state index contributed by atoms with van der Waals surface area (Å²) in [4.78, 5) is 33.0. The van der Waals surface area contributed by atoms with E-state index in [-0.39, 0.29) is 23.9 Å². The summed E-state index contributed by atoms with van der Waals surface area (Å²) < 4.78 is 0. The van der Waals surface area contributed by atoms with Crippen molar-refractivity contribution < 1.29 is 9.59 Å². The predicted octanol–water partition coefficient (Wildman–Crippen LogP) is 4.70. The number of likely N-dealkylation sites (tertiary alicyclic amines) is 1. The van der Waals surface area contributed by atoms with Crippen LogP contribution in [0, 0.1) is 0 Å². The molecule has 1 aliphatic rings. The highest BCUT2D eigenvalue weighted by molar-refractivity contribution is 6.01. The zero-order valence-corrected chi connectivity index (χ0v) is 22.7. The van der Waals surface area contributed by atoms with Crippen molar-refractivity contribution >= 4 is 22.7 Å². The molecular formula is C33H32N6O2. The third-order valence-corrected chi connectivity index (χ3v) is 7.64. The second kappa shape index (κ2) is 12.1. The molecule has 41 heavy (non-hydrogen) atoms. The molecule has 5 aromatic rings. The maximum Gasteiger partial charge on any atom is 0.251 e. The van der Waals surface area contributed by atoms with Crippen molar-refractivity contribution in [2.24, 2.45) is 0 Å². The van der Waals surface area contributed by atoms with Crippen molar-refractivity contribution in [3.8, 4) is 11.3 Å². The van der Waals surface area contributed by atoms with Crippen LogP contribution in [0.2, 0.25) is 0 Å². The highest BCUT2D eigenvalue weighted by atomic mass is 16.2. The number of benzene rings is 3. The van der Waals surface area contributed by atoms with E-state index in [9.17, 15) is 9.59 Å². The molecule has 206 valence electrons. The van der Waals surface area contributed by atoms with Crippen LogP contribution >= 0.6 is 0 Å². The first-order valence-electron chi connectivity index (χ1n) is 13.9. The fraction of sp³-hybridized carbons (Fsp3) is 0.212. The number of nitrogens with zero attached hydrogens (tertiary/aromatic N) is 3. The number of aromatic nitrogens is 3. The second-order valence-corrected chi connectivity index (χ2v) is 10.5. The molecule has 8 nitrogen and oxygen atoms in total. The molecule has 0 saturated carbocycles. The van der Waals surface area contributed by atoms with Crippen LogP contribution < -0.4 is 10.6 Å². The minimum Gasteiger partial charge on any atom is -0.351 e. The molecule has 1 aliphatic heterocycles. The highest BCUT2D eigenvalue weighted by Crippen LogP contribution is 2.27. The lowest BCUT2D eigenvalue weighted by Crippen LogP contribution is -2.56. The minimum atomic E-state index is -0.266. The van der Waals surface area contributed by atoms with E-state index in [2.05, 4.69) is 42.8 Å². The van der Waals surface area contributed by atoms with Gasteiger partial charge in [0.2, 0.25) is 5.91 Å². The average molecular weight is 545 g/mol. The Morgan fingerprint density at radius 2 is 1.61 bits per heavy atom. The molecule has 2 aromatic heterocycles. The lowest BCUT2D eigenvalue weighted by molar-refractivity contribution is -0.128. The van der Waals surface area contributed by atoms with Crippen molar-refractivity contribution in [1.82, 2.24) is 30.7 Å². The summed E-state index contributed by atoms with van der Waals surface area (Å²) in [7, 11) is 0. The van der Waals surface area contributed by atoms with Gasteiger partial charge in [-0.25, -0.2) is 0 Å². The number of pyridine rings is 1. The van der Waals surface area contributed by atoms with Crippen LogP contribution in [-0.2, 0) is 17.9 Å². The predicted molar refractivity (Wildman–Crippen MR) is 159 cm³/mol. The number of nitrogens with one attached hydrogen (secondary N) is 3. The molecule has 2 unspecified atom stereocenters. The maximum atomic E-state index is 13.4. The number of carbonyl (C=O) groups excluding carboxylic acids is 2. The Balaban J connectivity index is 1.16. The van der Waals surface area contributed by atoms with Crippen molar-refractivity contribution in [3.05, 3.63) is 120 Å². The van der Waals surface area contributed by atoms with Crippen LogP contribution in [0.3, 0.4) is 0 Å². The van der Waals surface area contributed by atoms with E-state index in [0.717, 1.165) is 39.7 Å². The molecule has 0 spiro atoms. The van der Waals surface area contributed by atoms with E-state index >= 15 is 0 Å². The number of hydrogen-bond acceptors (Lipinski definition) is 5. The van der Waals surface area contributed by atoms with Gasteiger partial charge in [0, 0.05) is 54.6 Å². The Hall–Kier alpha value is -4.82. The number of carbonyl (C=O) groups is 2. The number of fused-ring (bicyclic) bond motifs is 1. The molecule has 0 aliphatic carbocycles. The minimum absolute atomic E-state index is 0.0172. The van der Waals surface area contributed by atoms with Crippen LogP contribution in [0.4, 0.5) is 0 Å². The van der Waals surface area contributed by atoms with Gasteiger partial charge in [-0.2, -0.15) is 5.10 Å². The number of piperidine rings is 1. The Morgan fingerprint density at radius 3 is 2.37 bits per heavy atom. The van der Waals surface area contributed by atoms with Gasteiger partial charge in [0.05, 0.1) is 11.6 Å². The van der Waals surface area contributed by atoms with Gasteiger partial charge in [0.15, 0.2) is 0 Å². The fourth-order valence-corrected chi connectivity index (χ4v) is 5.51. The lowest BCUT2D eigenvalue weighted by Gasteiger charge is -2.39. The van der Waals surface area contributed by atoms with Crippen molar-refractivity contribution in [3.63, 3.8) is 0 Å². The van der Waals surface area contributed by atoms with Crippen LogP contribution in [0.25, 0.3) is 22.2 Å². The average Bonchev–Trinajstić information content (AvgIpc) is 3.45. The summed E-state index contributed by atoms with van der Waals surface area (Å²) in [6, 6.07) is 29.1. The third-order valence-electron chi connectivity index (χ3n) is 7.64. The van der Waals surface area contributed by atoms with E-state index in [1.54, 1.807) is 12.4 Å². The highest BCUT2D eigenvalue weighted by Gasteiger charge is 2.33. The molecule has 3 heterocycles. The first-order valence-corrected chi connectivity index (χ1v) is 13.9. The maximum absolute atomic E-state index is 13.4. The van der Waals surface area contributed by atoms with Gasteiger partial charge in [-0.15, -0.1) is 0 Å². The van der Waals surface area contributed by atoms with Crippen LogP contribution in [-0.4, -0.2) is 50.5 Å². The zero-order valence-electron chi connectivity index (χ0n) is 22.7. The number of H-pyrrole nitrogens is 1. The molecule has 3 N–H and O–H groups in total. The normalized spacial score (nSPS) is 17.3. The monoisotopic (exact) mass is 544 g/mol. The summed E-state index contributed by atoms with van der Waals surface area (Å²) in [5.74, 6) is -0.117. The Morgan fingerprint density at radius 1 is 0.878 bits per heavy atom. The first-order chi connectivity index (χ1) is 20.1. The topological polar surface area (TPSA) is 103 Å². The van der Waals surface area contributed by atoms with Crippen LogP contribution in [0.1, 0.15) is 34.3 Å². The zero-order chi connectivity index (χ0) is 28.0. The molecule has 0 bridgehead atoms. The smallest absolute Gasteiger partial charge is 0.251 e. The van der Waals surface area contributed by atoms with Crippen LogP contribution in [0.5, 0.6) is 0 Å². The number of amides is 2. The van der Waals surface area contributed by atoms with E-state index in [0.29, 0.717) is 31.6 Å². The molecule has 6 rings (SSSR count). The molecular weight excluding hydrogens is 512 g/mol. The van der Waals surface area contributed by atoms with Gasteiger partial charge in [-0.3, -0.25) is 24.6 Å². The Kier molecular flexibility index (Phi) is 7.82. The summed E-state index contributed by atoms with van der Waals surface area (Å²) in [6.45, 7) is 1.71. The van der Waals surface area contributed by atoms with E-state index in [4.69, 9.17) is 0 Å². The molecule has 1 fully saturated rings. The van der Waals surface area contributed by atoms with Crippen molar-refractivity contribution in [2.45, 2.75) is 38.0 Å². The largest absolute Gasteiger partial charge is 0.351 e. The van der Waals surface area contributed by atoms with E-state index < -0.39 is 0 Å². The molecule has 2 atom stereocenters. The Bertz CT molecular complexity index is 1620. The molecule has 0 radical (unpaired) electrons. The summed E-state index contributed by atoms with van der Waals surface area (Å²) in [5, 5.41) is 14.7. The van der Waals surface area contributed by atoms with Gasteiger partial charge in [0.25, 0.3) is 5.91 Å². The SMILES string of the molecule is O=C(NC1CCC(C(=O)NCc2ccccc2)N(Cc2ccccc2)C1)c1ccc2[nH]nc(-c3ccncc3)c2c1. The van der Waals surface area contributed by atoms with Crippen LogP contribution in [0.15, 0.2) is 103 Å². The van der Waals surface area contributed by atoms with Crippen molar-refractivity contribution in [2.75, 3.05) is 6.54 Å². The number of aromatic amines is 1. The summed E-state index contributed by atoms with van der Waals surface area (Å²) >= 11 is 0. The van der Waals surface area contributed by atoms with Gasteiger partial charge >= 0.3 is 0 Å². The van der Waals surface area contributed by atoms with Gasteiger partial charge in [0.1, 0.15) is 5.69 Å². The molecule has 1 saturated heterocycles. The van der Waals surface area contributed by atoms with Crippen molar-refractivity contribution in [1.29, 1.82) is 0 Å². The third kappa shape index (κ3) is 6.18. The Labute approximate surface area is 238 Å². The van der Waals surface area contributed by atoms with E-state index in [1.807, 2.05) is 78.9 Å². The molecule has 8 heteroatoms. The summed E-state index contributed by atoms with van der Waals surface area (Å²) in [5.41, 5.74) is 5.36.